The summed E-state index contributed by atoms with van der Waals surface area (Å²) in [6.07, 6.45) is 3.91. The van der Waals surface area contributed by atoms with E-state index in [4.69, 9.17) is 17.0 Å². The van der Waals surface area contributed by atoms with Crippen LogP contribution in [0.15, 0.2) is 0 Å². The Labute approximate surface area is 91.6 Å². The fourth-order valence-corrected chi connectivity index (χ4v) is 1.87. The van der Waals surface area contributed by atoms with Crippen LogP contribution in [0.3, 0.4) is 0 Å². The normalized spacial score (nSPS) is 21.2. The molecule has 1 atom stereocenters. The fourth-order valence-electron chi connectivity index (χ4n) is 1.53. The molecule has 3 nitrogen and oxygen atoms in total. The Morgan fingerprint density at radius 1 is 1.57 bits per heavy atom. The summed E-state index contributed by atoms with van der Waals surface area (Å²) >= 11 is 5.11. The largest absolute Gasteiger partial charge is 0.378 e. The zero-order valence-electron chi connectivity index (χ0n) is 9.01. The van der Waals surface area contributed by atoms with Crippen LogP contribution in [0, 0.1) is 0 Å². The molecule has 0 aromatic heterocycles. The summed E-state index contributed by atoms with van der Waals surface area (Å²) in [6.45, 7) is 5.99. The predicted molar refractivity (Wildman–Crippen MR) is 62.5 cm³/mol. The van der Waals surface area contributed by atoms with Gasteiger partial charge in [-0.25, -0.2) is 0 Å². The molecule has 1 fully saturated rings. The Morgan fingerprint density at radius 2 is 2.36 bits per heavy atom. The summed E-state index contributed by atoms with van der Waals surface area (Å²) in [4.78, 5) is 0. The van der Waals surface area contributed by atoms with E-state index in [9.17, 15) is 0 Å². The van der Waals surface area contributed by atoms with E-state index in [1.165, 1.54) is 12.8 Å². The first-order valence-corrected chi connectivity index (χ1v) is 5.75. The Bertz CT molecular complexity index is 179. The van der Waals surface area contributed by atoms with Crippen molar-refractivity contribution < 1.29 is 4.74 Å². The number of hydrogen-bond donors (Lipinski definition) is 2. The van der Waals surface area contributed by atoms with E-state index in [-0.39, 0.29) is 0 Å². The quantitative estimate of drug-likeness (QED) is 0.697. The number of ether oxygens (including phenoxy) is 1. The second-order valence-electron chi connectivity index (χ2n) is 3.98. The Hall–Kier alpha value is -0.350. The monoisotopic (exact) mass is 216 g/mol. The summed E-state index contributed by atoms with van der Waals surface area (Å²) in [5, 5.41) is 7.08. The Morgan fingerprint density at radius 3 is 2.93 bits per heavy atom. The lowest BCUT2D eigenvalue weighted by Crippen LogP contribution is -2.40. The molecular formula is C10H20N2OS. The predicted octanol–water partition coefficient (Wildman–Crippen LogP) is 1.43. The van der Waals surface area contributed by atoms with Gasteiger partial charge < -0.3 is 15.4 Å². The van der Waals surface area contributed by atoms with Gasteiger partial charge in [-0.1, -0.05) is 0 Å². The van der Waals surface area contributed by atoms with Crippen LogP contribution in [0.1, 0.15) is 33.1 Å². The smallest absolute Gasteiger partial charge is 0.166 e. The second kappa shape index (κ2) is 6.19. The van der Waals surface area contributed by atoms with Crippen molar-refractivity contribution in [1.29, 1.82) is 0 Å². The maximum Gasteiger partial charge on any atom is 0.166 e. The third-order valence-corrected chi connectivity index (χ3v) is 2.46. The van der Waals surface area contributed by atoms with Gasteiger partial charge in [-0.2, -0.15) is 0 Å². The average Bonchev–Trinajstić information content (AvgIpc) is 2.55. The highest BCUT2D eigenvalue weighted by atomic mass is 32.1. The molecule has 0 spiro atoms. The molecule has 0 saturated carbocycles. The van der Waals surface area contributed by atoms with Crippen LogP contribution < -0.4 is 10.6 Å². The lowest BCUT2D eigenvalue weighted by molar-refractivity contribution is 0.105. The number of rotatable bonds is 4. The van der Waals surface area contributed by atoms with Crippen LogP contribution in [-0.2, 0) is 4.74 Å². The van der Waals surface area contributed by atoms with Crippen molar-refractivity contribution in [2.24, 2.45) is 0 Å². The fraction of sp³-hybridized carbons (Fsp3) is 0.900. The molecule has 0 aliphatic carbocycles. The molecule has 0 amide bonds. The van der Waals surface area contributed by atoms with Crippen LogP contribution in [0.5, 0.6) is 0 Å². The summed E-state index contributed by atoms with van der Waals surface area (Å²) in [5.41, 5.74) is 0. The summed E-state index contributed by atoms with van der Waals surface area (Å²) < 4.78 is 5.51. The molecular weight excluding hydrogens is 196 g/mol. The summed E-state index contributed by atoms with van der Waals surface area (Å²) in [7, 11) is 0. The van der Waals surface area contributed by atoms with Crippen LogP contribution in [0.2, 0.25) is 0 Å². The van der Waals surface area contributed by atoms with E-state index in [0.29, 0.717) is 12.1 Å². The Balaban J connectivity index is 1.99. The second-order valence-corrected chi connectivity index (χ2v) is 4.39. The molecule has 4 heteroatoms. The van der Waals surface area contributed by atoms with Crippen LogP contribution in [0.4, 0.5) is 0 Å². The van der Waals surface area contributed by atoms with Crippen molar-refractivity contribution in [2.45, 2.75) is 45.3 Å². The van der Waals surface area contributed by atoms with Gasteiger partial charge in [0.1, 0.15) is 0 Å². The highest BCUT2D eigenvalue weighted by molar-refractivity contribution is 7.80. The first kappa shape index (κ1) is 11.7. The Kier molecular flexibility index (Phi) is 5.19. The van der Waals surface area contributed by atoms with E-state index in [2.05, 4.69) is 24.5 Å². The van der Waals surface area contributed by atoms with E-state index < -0.39 is 0 Å². The molecule has 82 valence electrons. The van der Waals surface area contributed by atoms with Crippen molar-refractivity contribution in [3.05, 3.63) is 0 Å². The average molecular weight is 216 g/mol. The lowest BCUT2D eigenvalue weighted by atomic mass is 10.2. The van der Waals surface area contributed by atoms with Crippen LogP contribution in [0.25, 0.3) is 0 Å². The molecule has 1 unspecified atom stereocenters. The third-order valence-electron chi connectivity index (χ3n) is 2.20. The zero-order valence-corrected chi connectivity index (χ0v) is 9.82. The van der Waals surface area contributed by atoms with E-state index >= 15 is 0 Å². The van der Waals surface area contributed by atoms with Gasteiger partial charge in [-0.3, -0.25) is 0 Å². The molecule has 1 aliphatic heterocycles. The topological polar surface area (TPSA) is 33.3 Å². The molecule has 1 aliphatic rings. The molecule has 14 heavy (non-hydrogen) atoms. The third kappa shape index (κ3) is 4.77. The molecule has 0 radical (unpaired) electrons. The van der Waals surface area contributed by atoms with Gasteiger partial charge in [0.15, 0.2) is 5.11 Å². The zero-order chi connectivity index (χ0) is 10.4. The van der Waals surface area contributed by atoms with Gasteiger partial charge in [0.25, 0.3) is 0 Å². The minimum absolute atomic E-state index is 0.401. The summed E-state index contributed by atoms with van der Waals surface area (Å²) in [6, 6.07) is 0.401. The van der Waals surface area contributed by atoms with Gasteiger partial charge in [-0.15, -0.1) is 0 Å². The number of nitrogens with one attached hydrogen (secondary N) is 2. The SMILES string of the molecule is CC(C)NC(=S)NCCC1CCCO1. The first-order chi connectivity index (χ1) is 6.68. The molecule has 0 bridgehead atoms. The van der Waals surface area contributed by atoms with Crippen molar-refractivity contribution in [1.82, 2.24) is 10.6 Å². The molecule has 2 N–H and O–H groups in total. The van der Waals surface area contributed by atoms with E-state index in [0.717, 1.165) is 24.7 Å². The van der Waals surface area contributed by atoms with Gasteiger partial charge in [0.2, 0.25) is 0 Å². The maximum atomic E-state index is 5.51. The van der Waals surface area contributed by atoms with Crippen molar-refractivity contribution in [3.8, 4) is 0 Å². The highest BCUT2D eigenvalue weighted by Gasteiger charge is 2.14. The molecule has 1 rings (SSSR count). The molecule has 0 aromatic rings. The van der Waals surface area contributed by atoms with Crippen molar-refractivity contribution in [2.75, 3.05) is 13.2 Å². The summed E-state index contributed by atoms with van der Waals surface area (Å²) in [5.74, 6) is 0. The molecule has 1 saturated heterocycles. The van der Waals surface area contributed by atoms with E-state index in [1.807, 2.05) is 0 Å². The standard InChI is InChI=1S/C10H20N2OS/c1-8(2)12-10(14)11-6-5-9-4-3-7-13-9/h8-9H,3-7H2,1-2H3,(H2,11,12,14). The highest BCUT2D eigenvalue weighted by Crippen LogP contribution is 2.14. The van der Waals surface area contributed by atoms with Crippen molar-refractivity contribution in [3.63, 3.8) is 0 Å². The van der Waals surface area contributed by atoms with Gasteiger partial charge in [-0.05, 0) is 45.3 Å². The molecule has 1 heterocycles. The van der Waals surface area contributed by atoms with E-state index in [1.54, 1.807) is 0 Å². The van der Waals surface area contributed by atoms with Gasteiger partial charge in [0, 0.05) is 19.2 Å². The molecule has 0 aromatic carbocycles. The first-order valence-electron chi connectivity index (χ1n) is 5.34. The van der Waals surface area contributed by atoms with Gasteiger partial charge in [0.05, 0.1) is 6.10 Å². The van der Waals surface area contributed by atoms with Crippen LogP contribution >= 0.6 is 12.2 Å². The minimum atomic E-state index is 0.401. The number of thiocarbonyl (C=S) groups is 1. The minimum Gasteiger partial charge on any atom is -0.378 e. The van der Waals surface area contributed by atoms with Gasteiger partial charge >= 0.3 is 0 Å². The van der Waals surface area contributed by atoms with Crippen LogP contribution in [-0.4, -0.2) is 30.4 Å². The lowest BCUT2D eigenvalue weighted by Gasteiger charge is -2.14. The van der Waals surface area contributed by atoms with Crippen molar-refractivity contribution >= 4 is 17.3 Å². The maximum absolute atomic E-state index is 5.51. The number of hydrogen-bond acceptors (Lipinski definition) is 2.